The van der Waals surface area contributed by atoms with Crippen molar-refractivity contribution >= 4 is 5.97 Å². The van der Waals surface area contributed by atoms with E-state index in [-0.39, 0.29) is 36.5 Å². The predicted molar refractivity (Wildman–Crippen MR) is 88.4 cm³/mol. The molecular formula is C19H21NO6. The smallest absolute Gasteiger partial charge is 0.302 e. The second-order valence-corrected chi connectivity index (χ2v) is 7.85. The lowest BCUT2D eigenvalue weighted by Gasteiger charge is -2.47. The van der Waals surface area contributed by atoms with Crippen LogP contribution < -0.4 is 14.2 Å². The number of fused-ring (bicyclic) bond motifs is 3. The highest BCUT2D eigenvalue weighted by molar-refractivity contribution is 5.67. The van der Waals surface area contributed by atoms with E-state index in [0.29, 0.717) is 11.8 Å². The molecule has 0 spiro atoms. The zero-order chi connectivity index (χ0) is 17.6. The molecule has 1 aliphatic carbocycles. The maximum atomic E-state index is 11.5. The minimum absolute atomic E-state index is 0.00234. The third-order valence-electron chi connectivity index (χ3n) is 6.81. The highest BCUT2D eigenvalue weighted by Crippen LogP contribution is 2.63. The van der Waals surface area contributed by atoms with Crippen molar-refractivity contribution in [3.63, 3.8) is 0 Å². The summed E-state index contributed by atoms with van der Waals surface area (Å²) in [5.74, 6) is 2.03. The van der Waals surface area contributed by atoms with E-state index in [1.807, 2.05) is 0 Å². The minimum Gasteiger partial charge on any atom is -0.492 e. The first-order valence-electron chi connectivity index (χ1n) is 9.20. The van der Waals surface area contributed by atoms with E-state index >= 15 is 0 Å². The normalized spacial score (nSPS) is 40.3. The predicted octanol–water partition coefficient (Wildman–Crippen LogP) is 1.35. The van der Waals surface area contributed by atoms with Crippen molar-refractivity contribution < 1.29 is 28.5 Å². The fourth-order valence-electron chi connectivity index (χ4n) is 5.87. The summed E-state index contributed by atoms with van der Waals surface area (Å²) < 4.78 is 28.8. The Morgan fingerprint density at radius 2 is 2.27 bits per heavy atom. The summed E-state index contributed by atoms with van der Waals surface area (Å²) in [4.78, 5) is 14.0. The van der Waals surface area contributed by atoms with Crippen LogP contribution in [0.2, 0.25) is 0 Å². The first-order valence-corrected chi connectivity index (χ1v) is 9.20. The van der Waals surface area contributed by atoms with Crippen LogP contribution in [-0.4, -0.2) is 55.7 Å². The van der Waals surface area contributed by atoms with Crippen LogP contribution in [0.5, 0.6) is 17.2 Å². The third-order valence-corrected chi connectivity index (χ3v) is 6.81. The SMILES string of the molecule is COc1c2c(cc3c1OCO3)C13CCN(C2)C1CC(OC(C)=O)C1OC13. The molecule has 6 atom stereocenters. The van der Waals surface area contributed by atoms with Gasteiger partial charge in [0.25, 0.3) is 0 Å². The Kier molecular flexibility index (Phi) is 2.81. The Morgan fingerprint density at radius 3 is 3.08 bits per heavy atom. The average molecular weight is 359 g/mol. The van der Waals surface area contributed by atoms with Crippen LogP contribution in [0.15, 0.2) is 6.07 Å². The number of carbonyl (C=O) groups excluding carboxylic acids is 1. The molecule has 0 aromatic heterocycles. The maximum absolute atomic E-state index is 11.5. The number of methoxy groups -OCH3 is 1. The minimum atomic E-state index is -0.233. The number of epoxide rings is 1. The fourth-order valence-corrected chi connectivity index (χ4v) is 5.87. The third kappa shape index (κ3) is 1.68. The molecule has 0 radical (unpaired) electrons. The van der Waals surface area contributed by atoms with Crippen LogP contribution in [0.4, 0.5) is 0 Å². The summed E-state index contributed by atoms with van der Waals surface area (Å²) >= 11 is 0. The standard InChI is InChI=1S/C19H21NO6/c1-9(21)25-13-6-14-19(18-17(13)26-18)3-4-20(14)7-10-11(19)5-12-16(15(10)22-2)24-8-23-12/h5,13-14,17-18H,3-4,6-8H2,1-2H3. The van der Waals surface area contributed by atoms with E-state index in [2.05, 4.69) is 11.0 Å². The first kappa shape index (κ1) is 15.1. The van der Waals surface area contributed by atoms with Crippen LogP contribution in [0, 0.1) is 0 Å². The van der Waals surface area contributed by atoms with Crippen LogP contribution in [0.1, 0.15) is 30.9 Å². The van der Waals surface area contributed by atoms with Gasteiger partial charge in [0.1, 0.15) is 12.2 Å². The van der Waals surface area contributed by atoms with Gasteiger partial charge < -0.3 is 23.7 Å². The quantitative estimate of drug-likeness (QED) is 0.583. The van der Waals surface area contributed by atoms with Gasteiger partial charge in [0.2, 0.25) is 12.5 Å². The van der Waals surface area contributed by atoms with Crippen molar-refractivity contribution in [2.75, 3.05) is 20.4 Å². The lowest BCUT2D eigenvalue weighted by atomic mass is 9.62. The number of ether oxygens (including phenoxy) is 5. The number of carbonyl (C=O) groups is 1. The summed E-state index contributed by atoms with van der Waals surface area (Å²) in [5, 5.41) is 0. The van der Waals surface area contributed by atoms with Crippen LogP contribution in [0.3, 0.4) is 0 Å². The van der Waals surface area contributed by atoms with E-state index < -0.39 is 0 Å². The van der Waals surface area contributed by atoms with Gasteiger partial charge in [-0.15, -0.1) is 0 Å². The maximum Gasteiger partial charge on any atom is 0.302 e. The number of esters is 1. The van der Waals surface area contributed by atoms with E-state index in [0.717, 1.165) is 37.4 Å². The molecule has 1 aromatic carbocycles. The van der Waals surface area contributed by atoms with E-state index in [4.69, 9.17) is 23.7 Å². The molecule has 6 unspecified atom stereocenters. The number of hydrogen-bond acceptors (Lipinski definition) is 7. The number of nitrogens with zero attached hydrogens (tertiary/aromatic N) is 1. The molecule has 26 heavy (non-hydrogen) atoms. The molecule has 5 aliphatic rings. The summed E-state index contributed by atoms with van der Waals surface area (Å²) in [7, 11) is 1.69. The van der Waals surface area contributed by atoms with Gasteiger partial charge in [-0.1, -0.05) is 0 Å². The Labute approximate surface area is 151 Å². The molecule has 1 saturated carbocycles. The molecule has 7 heteroatoms. The summed E-state index contributed by atoms with van der Waals surface area (Å²) in [5.41, 5.74) is 2.38. The molecule has 2 saturated heterocycles. The monoisotopic (exact) mass is 359 g/mol. The van der Waals surface area contributed by atoms with E-state index in [1.54, 1.807) is 7.11 Å². The summed E-state index contributed by atoms with van der Waals surface area (Å²) in [6.07, 6.45) is 1.80. The van der Waals surface area contributed by atoms with Crippen LogP contribution >= 0.6 is 0 Å². The first-order chi connectivity index (χ1) is 12.6. The van der Waals surface area contributed by atoms with Crippen molar-refractivity contribution in [1.82, 2.24) is 4.90 Å². The largest absolute Gasteiger partial charge is 0.492 e. The highest BCUT2D eigenvalue weighted by Gasteiger charge is 2.71. The number of rotatable bonds is 2. The van der Waals surface area contributed by atoms with Crippen molar-refractivity contribution in [1.29, 1.82) is 0 Å². The van der Waals surface area contributed by atoms with Gasteiger partial charge in [0.15, 0.2) is 11.5 Å². The molecule has 1 aromatic rings. The Balaban J connectivity index is 1.49. The fraction of sp³-hybridized carbons (Fsp3) is 0.632. The lowest BCUT2D eigenvalue weighted by Crippen LogP contribution is -2.56. The second-order valence-electron chi connectivity index (χ2n) is 7.85. The van der Waals surface area contributed by atoms with Gasteiger partial charge in [0, 0.05) is 36.9 Å². The van der Waals surface area contributed by atoms with Crippen molar-refractivity contribution in [3.8, 4) is 17.2 Å². The number of hydrogen-bond donors (Lipinski definition) is 0. The molecule has 7 nitrogen and oxygen atoms in total. The Hall–Kier alpha value is -1.99. The van der Waals surface area contributed by atoms with E-state index in [9.17, 15) is 4.79 Å². The number of benzene rings is 1. The average Bonchev–Trinajstić information content (AvgIpc) is 3.22. The Bertz CT molecular complexity index is 825. The molecule has 138 valence electrons. The lowest BCUT2D eigenvalue weighted by molar-refractivity contribution is -0.149. The summed E-state index contributed by atoms with van der Waals surface area (Å²) in [6, 6.07) is 2.45. The second kappa shape index (κ2) is 4.84. The molecule has 2 bridgehead atoms. The van der Waals surface area contributed by atoms with Gasteiger partial charge >= 0.3 is 5.97 Å². The molecule has 3 fully saturated rings. The molecular weight excluding hydrogens is 338 g/mol. The van der Waals surface area contributed by atoms with Gasteiger partial charge in [-0.2, -0.15) is 0 Å². The summed E-state index contributed by atoms with van der Waals surface area (Å²) in [6.45, 7) is 3.52. The van der Waals surface area contributed by atoms with Crippen LogP contribution in [-0.2, 0) is 26.2 Å². The zero-order valence-electron chi connectivity index (χ0n) is 14.8. The molecule has 6 rings (SSSR count). The highest BCUT2D eigenvalue weighted by atomic mass is 16.7. The molecule has 4 aliphatic heterocycles. The topological polar surface area (TPSA) is 69.8 Å². The van der Waals surface area contributed by atoms with Gasteiger partial charge in [-0.25, -0.2) is 0 Å². The zero-order valence-corrected chi connectivity index (χ0v) is 14.8. The van der Waals surface area contributed by atoms with Crippen molar-refractivity contribution in [2.45, 2.75) is 56.1 Å². The molecule has 0 N–H and O–H groups in total. The molecule has 0 amide bonds. The van der Waals surface area contributed by atoms with Crippen molar-refractivity contribution in [2.24, 2.45) is 0 Å². The van der Waals surface area contributed by atoms with Crippen LogP contribution in [0.25, 0.3) is 0 Å². The Morgan fingerprint density at radius 1 is 1.38 bits per heavy atom. The van der Waals surface area contributed by atoms with Gasteiger partial charge in [-0.3, -0.25) is 9.69 Å². The van der Waals surface area contributed by atoms with E-state index in [1.165, 1.54) is 18.1 Å². The molecule has 4 heterocycles. The van der Waals surface area contributed by atoms with Gasteiger partial charge in [0.05, 0.1) is 13.2 Å². The van der Waals surface area contributed by atoms with Gasteiger partial charge in [-0.05, 0) is 24.6 Å². The van der Waals surface area contributed by atoms with Crippen molar-refractivity contribution in [3.05, 3.63) is 17.2 Å².